The molecule has 0 bridgehead atoms. The van der Waals surface area contributed by atoms with Gasteiger partial charge in [-0.1, -0.05) is 12.1 Å². The molecule has 0 atom stereocenters. The van der Waals surface area contributed by atoms with E-state index in [-0.39, 0.29) is 11.8 Å². The molecule has 0 unspecified atom stereocenters. The lowest BCUT2D eigenvalue weighted by Gasteiger charge is -2.33. The van der Waals surface area contributed by atoms with E-state index >= 15 is 0 Å². The summed E-state index contributed by atoms with van der Waals surface area (Å²) in [5.74, 6) is 0.603. The summed E-state index contributed by atoms with van der Waals surface area (Å²) in [7, 11) is 1.66. The summed E-state index contributed by atoms with van der Waals surface area (Å²) in [6, 6.07) is 8.09. The van der Waals surface area contributed by atoms with Crippen LogP contribution in [0, 0.1) is 12.8 Å². The van der Waals surface area contributed by atoms with Gasteiger partial charge in [0.2, 0.25) is 5.91 Å². The minimum absolute atomic E-state index is 0.0000144. The number of methoxy groups -OCH3 is 1. The van der Waals surface area contributed by atoms with E-state index in [0.29, 0.717) is 0 Å². The Morgan fingerprint density at radius 1 is 1.36 bits per heavy atom. The van der Waals surface area contributed by atoms with Gasteiger partial charge in [0.05, 0.1) is 7.11 Å². The zero-order valence-corrected chi connectivity index (χ0v) is 13.0. The molecule has 116 valence electrons. The first kappa shape index (κ1) is 14.6. The molecule has 1 aromatic carbocycles. The lowest BCUT2D eigenvalue weighted by molar-refractivity contribution is -0.122. The van der Waals surface area contributed by atoms with Crippen molar-refractivity contribution in [1.82, 2.24) is 4.98 Å². The van der Waals surface area contributed by atoms with Crippen molar-refractivity contribution >= 4 is 22.5 Å². The van der Waals surface area contributed by atoms with Crippen LogP contribution in [0.2, 0.25) is 0 Å². The van der Waals surface area contributed by atoms with Crippen molar-refractivity contribution in [2.75, 3.05) is 25.1 Å². The minimum atomic E-state index is -0.183. The fraction of sp³-hybridized carbons (Fsp3) is 0.412. The number of piperidine rings is 1. The van der Waals surface area contributed by atoms with Crippen molar-refractivity contribution in [3.05, 3.63) is 30.0 Å². The second-order valence-electron chi connectivity index (χ2n) is 5.80. The fourth-order valence-electron chi connectivity index (χ4n) is 3.16. The van der Waals surface area contributed by atoms with Crippen molar-refractivity contribution in [2.45, 2.75) is 19.8 Å². The van der Waals surface area contributed by atoms with Crippen molar-refractivity contribution in [3.63, 3.8) is 0 Å². The average Bonchev–Trinajstić information content (AvgIpc) is 2.53. The van der Waals surface area contributed by atoms with E-state index in [4.69, 9.17) is 10.5 Å². The van der Waals surface area contributed by atoms with Gasteiger partial charge in [0.1, 0.15) is 11.3 Å². The average molecular weight is 299 g/mol. The Hall–Kier alpha value is -2.30. The molecule has 5 nitrogen and oxygen atoms in total. The number of fused-ring (bicyclic) bond motifs is 1. The van der Waals surface area contributed by atoms with Crippen molar-refractivity contribution in [1.29, 1.82) is 0 Å². The number of rotatable bonds is 3. The molecule has 5 heteroatoms. The molecule has 22 heavy (non-hydrogen) atoms. The van der Waals surface area contributed by atoms with Crippen LogP contribution < -0.4 is 15.4 Å². The first-order chi connectivity index (χ1) is 10.6. The molecule has 3 rings (SSSR count). The maximum atomic E-state index is 11.3. The SMILES string of the molecule is COc1cccc2c(N3CCC(C(N)=O)CC3)cc(C)nc12. The van der Waals surface area contributed by atoms with Crippen molar-refractivity contribution in [3.8, 4) is 5.75 Å². The Labute approximate surface area is 130 Å². The van der Waals surface area contributed by atoms with Gasteiger partial charge in [-0.2, -0.15) is 0 Å². The van der Waals surface area contributed by atoms with Crippen LogP contribution >= 0.6 is 0 Å². The molecule has 2 N–H and O–H groups in total. The number of carbonyl (C=O) groups is 1. The third kappa shape index (κ3) is 2.58. The van der Waals surface area contributed by atoms with Crippen LogP contribution in [0.15, 0.2) is 24.3 Å². The standard InChI is InChI=1S/C17H21N3O2/c1-11-10-14(20-8-6-12(7-9-20)17(18)21)13-4-3-5-15(22-2)16(13)19-11/h3-5,10,12H,6-9H2,1-2H3,(H2,18,21). The van der Waals surface area contributed by atoms with Gasteiger partial charge in [0.15, 0.2) is 0 Å². The largest absolute Gasteiger partial charge is 0.494 e. The number of para-hydroxylation sites is 1. The number of hydrogen-bond donors (Lipinski definition) is 1. The highest BCUT2D eigenvalue weighted by atomic mass is 16.5. The van der Waals surface area contributed by atoms with Gasteiger partial charge in [-0.3, -0.25) is 4.79 Å². The van der Waals surface area contributed by atoms with Gasteiger partial charge in [-0.05, 0) is 31.9 Å². The van der Waals surface area contributed by atoms with E-state index in [2.05, 4.69) is 22.0 Å². The molecule has 0 spiro atoms. The van der Waals surface area contributed by atoms with Gasteiger partial charge < -0.3 is 15.4 Å². The highest BCUT2D eigenvalue weighted by Crippen LogP contribution is 2.34. The van der Waals surface area contributed by atoms with E-state index in [1.807, 2.05) is 19.1 Å². The Kier molecular flexibility index (Phi) is 3.88. The number of amides is 1. The number of carbonyl (C=O) groups excluding carboxylic acids is 1. The molecule has 0 radical (unpaired) electrons. The fourth-order valence-corrected chi connectivity index (χ4v) is 3.16. The summed E-state index contributed by atoms with van der Waals surface area (Å²) in [5.41, 5.74) is 8.42. The Morgan fingerprint density at radius 2 is 2.09 bits per heavy atom. The maximum Gasteiger partial charge on any atom is 0.220 e. The number of benzene rings is 1. The predicted octanol–water partition coefficient (Wildman–Crippen LogP) is 2.25. The zero-order valence-electron chi connectivity index (χ0n) is 13.0. The Morgan fingerprint density at radius 3 is 2.73 bits per heavy atom. The zero-order chi connectivity index (χ0) is 15.7. The van der Waals surface area contributed by atoms with Gasteiger partial charge >= 0.3 is 0 Å². The van der Waals surface area contributed by atoms with Crippen LogP contribution in [0.5, 0.6) is 5.75 Å². The minimum Gasteiger partial charge on any atom is -0.494 e. The summed E-state index contributed by atoms with van der Waals surface area (Å²) in [6.45, 7) is 3.66. The molecular formula is C17H21N3O2. The summed E-state index contributed by atoms with van der Waals surface area (Å²) in [5, 5.41) is 1.09. The quantitative estimate of drug-likeness (QED) is 0.944. The molecule has 1 aliphatic heterocycles. The number of primary amides is 1. The van der Waals surface area contributed by atoms with Gasteiger partial charge in [-0.15, -0.1) is 0 Å². The maximum absolute atomic E-state index is 11.3. The van der Waals surface area contributed by atoms with Gasteiger partial charge in [0.25, 0.3) is 0 Å². The number of ether oxygens (including phenoxy) is 1. The smallest absolute Gasteiger partial charge is 0.220 e. The normalized spacial score (nSPS) is 16.0. The van der Waals surface area contributed by atoms with E-state index in [1.54, 1.807) is 7.11 Å². The highest BCUT2D eigenvalue weighted by molar-refractivity contribution is 5.95. The van der Waals surface area contributed by atoms with Crippen LogP contribution in [0.25, 0.3) is 10.9 Å². The van der Waals surface area contributed by atoms with Gasteiger partial charge in [0, 0.05) is 35.8 Å². The second-order valence-corrected chi connectivity index (χ2v) is 5.80. The molecule has 1 amide bonds. The predicted molar refractivity (Wildman–Crippen MR) is 87.2 cm³/mol. The van der Waals surface area contributed by atoms with Crippen LogP contribution in [0.1, 0.15) is 18.5 Å². The molecule has 1 fully saturated rings. The number of pyridine rings is 1. The monoisotopic (exact) mass is 299 g/mol. The molecule has 1 aliphatic rings. The number of nitrogens with zero attached hydrogens (tertiary/aromatic N) is 2. The number of aromatic nitrogens is 1. The topological polar surface area (TPSA) is 68.5 Å². The van der Waals surface area contributed by atoms with Crippen LogP contribution in [-0.4, -0.2) is 31.1 Å². The van der Waals surface area contributed by atoms with Crippen LogP contribution in [0.3, 0.4) is 0 Å². The summed E-state index contributed by atoms with van der Waals surface area (Å²) in [4.78, 5) is 18.3. The third-order valence-corrected chi connectivity index (χ3v) is 4.37. The third-order valence-electron chi connectivity index (χ3n) is 4.37. The number of aryl methyl sites for hydroxylation is 1. The van der Waals surface area contributed by atoms with Crippen LogP contribution in [0.4, 0.5) is 5.69 Å². The van der Waals surface area contributed by atoms with Crippen molar-refractivity contribution in [2.24, 2.45) is 11.7 Å². The van der Waals surface area contributed by atoms with Crippen LogP contribution in [-0.2, 0) is 4.79 Å². The van der Waals surface area contributed by atoms with E-state index in [1.165, 1.54) is 0 Å². The number of anilines is 1. The van der Waals surface area contributed by atoms with E-state index in [9.17, 15) is 4.79 Å². The second kappa shape index (κ2) is 5.83. The summed E-state index contributed by atoms with van der Waals surface area (Å²) in [6.07, 6.45) is 1.62. The summed E-state index contributed by atoms with van der Waals surface area (Å²) >= 11 is 0. The van der Waals surface area contributed by atoms with Crippen molar-refractivity contribution < 1.29 is 9.53 Å². The number of hydrogen-bond acceptors (Lipinski definition) is 4. The lowest BCUT2D eigenvalue weighted by Crippen LogP contribution is -2.38. The molecule has 1 aromatic heterocycles. The molecular weight excluding hydrogens is 278 g/mol. The summed E-state index contributed by atoms with van der Waals surface area (Å²) < 4.78 is 5.43. The Balaban J connectivity index is 1.99. The number of nitrogens with two attached hydrogens (primary N) is 1. The molecule has 2 heterocycles. The van der Waals surface area contributed by atoms with Gasteiger partial charge in [-0.25, -0.2) is 4.98 Å². The Bertz CT molecular complexity index is 706. The van der Waals surface area contributed by atoms with E-state index < -0.39 is 0 Å². The molecule has 0 saturated carbocycles. The molecule has 0 aliphatic carbocycles. The lowest BCUT2D eigenvalue weighted by atomic mass is 9.95. The molecule has 2 aromatic rings. The van der Waals surface area contributed by atoms with E-state index in [0.717, 1.165) is 54.0 Å². The highest BCUT2D eigenvalue weighted by Gasteiger charge is 2.24. The first-order valence-electron chi connectivity index (χ1n) is 7.58. The first-order valence-corrected chi connectivity index (χ1v) is 7.58. The molecule has 1 saturated heterocycles.